The van der Waals surface area contributed by atoms with Crippen LogP contribution in [0.15, 0.2) is 41.5 Å². The Morgan fingerprint density at radius 1 is 0.892 bits per heavy atom. The highest BCUT2D eigenvalue weighted by atomic mass is 16.5. The van der Waals surface area contributed by atoms with Gasteiger partial charge in [0.05, 0.1) is 37.6 Å². The van der Waals surface area contributed by atoms with Crippen LogP contribution >= 0.6 is 0 Å². The number of ether oxygens (including phenoxy) is 2. The van der Waals surface area contributed by atoms with Crippen LogP contribution in [-0.2, 0) is 29.5 Å². The average Bonchev–Trinajstić information content (AvgIpc) is 3.90. The number of rotatable bonds is 19. The van der Waals surface area contributed by atoms with E-state index in [4.69, 9.17) is 9.47 Å². The molecule has 1 saturated heterocycles. The third-order valence-corrected chi connectivity index (χ3v) is 14.3. The lowest BCUT2D eigenvalue weighted by molar-refractivity contribution is -0.140. The van der Waals surface area contributed by atoms with Gasteiger partial charge in [-0.2, -0.15) is 0 Å². The van der Waals surface area contributed by atoms with Crippen LogP contribution in [0.4, 0.5) is 23.0 Å². The molecule has 3 saturated carbocycles. The van der Waals surface area contributed by atoms with Gasteiger partial charge in [-0.05, 0) is 105 Å². The SMILES string of the molecule is CNC(=O)C(CCC=O)N1C(=O)c2ccc(NCCOCCOCCN3CC4(CC(C(=O)Nc5cc(Nc6cc(C)c7n(c6=O)C6(CCC8(CC8)CC6)NC7=O)ncn5)C4)C3)cc2C1=O. The number of benzene rings is 1. The lowest BCUT2D eigenvalue weighted by atomic mass is 9.57. The van der Waals surface area contributed by atoms with Gasteiger partial charge in [0, 0.05) is 57.3 Å². The summed E-state index contributed by atoms with van der Waals surface area (Å²) in [7, 11) is 1.42. The minimum atomic E-state index is -1.07. The third-order valence-electron chi connectivity index (χ3n) is 14.3. The monoisotopic (exact) mass is 892 g/mol. The van der Waals surface area contributed by atoms with Crippen molar-refractivity contribution in [2.75, 3.05) is 75.6 Å². The van der Waals surface area contributed by atoms with E-state index in [9.17, 15) is 33.6 Å². The zero-order valence-electron chi connectivity index (χ0n) is 36.8. The minimum absolute atomic E-state index is 0.0399. The molecule has 3 aromatic rings. The van der Waals surface area contributed by atoms with E-state index < -0.39 is 29.4 Å². The molecule has 19 heteroatoms. The third kappa shape index (κ3) is 8.63. The first-order valence-corrected chi connectivity index (χ1v) is 22.6. The quantitative estimate of drug-likeness (QED) is 0.0662. The zero-order chi connectivity index (χ0) is 45.5. The highest BCUT2D eigenvalue weighted by molar-refractivity contribution is 6.23. The number of nitrogens with zero attached hydrogens (tertiary/aromatic N) is 5. The smallest absolute Gasteiger partial charge is 0.276 e. The Morgan fingerprint density at radius 3 is 2.32 bits per heavy atom. The second-order valence-electron chi connectivity index (χ2n) is 18.7. The Hall–Kier alpha value is -6.05. The number of likely N-dealkylation sites (N-methyl/N-ethyl adjacent to an activating group) is 1. The minimum Gasteiger partial charge on any atom is -0.383 e. The maximum Gasteiger partial charge on any atom is 0.276 e. The van der Waals surface area contributed by atoms with Crippen LogP contribution in [0.2, 0.25) is 0 Å². The first-order valence-electron chi connectivity index (χ1n) is 22.6. The summed E-state index contributed by atoms with van der Waals surface area (Å²) in [5, 5.41) is 14.9. The van der Waals surface area contributed by atoms with Gasteiger partial charge in [-0.15, -0.1) is 0 Å². The molecule has 3 spiro atoms. The van der Waals surface area contributed by atoms with Crippen molar-refractivity contribution >= 4 is 58.8 Å². The van der Waals surface area contributed by atoms with Crippen molar-refractivity contribution in [3.8, 4) is 0 Å². The Balaban J connectivity index is 0.653. The number of aromatic nitrogens is 3. The van der Waals surface area contributed by atoms with E-state index in [2.05, 4.69) is 41.5 Å². The van der Waals surface area contributed by atoms with Crippen LogP contribution in [0.3, 0.4) is 0 Å². The summed E-state index contributed by atoms with van der Waals surface area (Å²) < 4.78 is 13.2. The zero-order valence-corrected chi connectivity index (χ0v) is 36.8. The van der Waals surface area contributed by atoms with Crippen LogP contribution in [0.25, 0.3) is 0 Å². The van der Waals surface area contributed by atoms with Crippen LogP contribution < -0.4 is 32.1 Å². The summed E-state index contributed by atoms with van der Waals surface area (Å²) in [6, 6.07) is 7.09. The molecule has 5 amide bonds. The van der Waals surface area contributed by atoms with Crippen molar-refractivity contribution in [2.24, 2.45) is 16.7 Å². The van der Waals surface area contributed by atoms with Gasteiger partial charge in [0.15, 0.2) is 0 Å². The van der Waals surface area contributed by atoms with E-state index >= 15 is 0 Å². The summed E-state index contributed by atoms with van der Waals surface area (Å²) >= 11 is 0. The summed E-state index contributed by atoms with van der Waals surface area (Å²) in [5.41, 5.74) is 2.05. The molecule has 4 fully saturated rings. The van der Waals surface area contributed by atoms with Crippen molar-refractivity contribution in [3.63, 3.8) is 0 Å². The maximum atomic E-state index is 13.9. The van der Waals surface area contributed by atoms with Crippen LogP contribution in [0.1, 0.15) is 101 Å². The number of pyridine rings is 1. The van der Waals surface area contributed by atoms with Crippen molar-refractivity contribution in [1.82, 2.24) is 35.0 Å². The molecule has 2 aromatic heterocycles. The predicted molar refractivity (Wildman–Crippen MR) is 237 cm³/mol. The summed E-state index contributed by atoms with van der Waals surface area (Å²) in [5.74, 6) is -1.33. The number of imide groups is 1. The van der Waals surface area contributed by atoms with Crippen LogP contribution in [0.5, 0.6) is 0 Å². The number of anilines is 4. The first kappa shape index (κ1) is 44.2. The molecule has 3 aliphatic carbocycles. The van der Waals surface area contributed by atoms with Gasteiger partial charge in [0.25, 0.3) is 23.3 Å². The molecule has 1 unspecified atom stereocenters. The van der Waals surface area contributed by atoms with E-state index in [0.717, 1.165) is 63.1 Å². The molecule has 5 heterocycles. The summed E-state index contributed by atoms with van der Waals surface area (Å²) in [6.07, 6.45) is 9.62. The second kappa shape index (κ2) is 17.7. The average molecular weight is 893 g/mol. The largest absolute Gasteiger partial charge is 0.383 e. The Bertz CT molecular complexity index is 2460. The molecule has 3 aliphatic heterocycles. The van der Waals surface area contributed by atoms with Crippen LogP contribution in [0, 0.1) is 23.7 Å². The normalized spacial score (nSPS) is 20.2. The number of nitrogens with one attached hydrogen (secondary N) is 5. The lowest BCUT2D eigenvalue weighted by Crippen LogP contribution is -2.64. The van der Waals surface area contributed by atoms with Crippen molar-refractivity contribution in [2.45, 2.75) is 82.8 Å². The molecule has 9 rings (SSSR count). The van der Waals surface area contributed by atoms with Gasteiger partial charge < -0.3 is 40.9 Å². The molecule has 0 radical (unpaired) electrons. The fraction of sp³-hybridized carbons (Fsp3) is 0.543. The number of aldehydes is 1. The van der Waals surface area contributed by atoms with Gasteiger partial charge in [0.1, 0.15) is 47.3 Å². The topological polar surface area (TPSA) is 235 Å². The van der Waals surface area contributed by atoms with Gasteiger partial charge in [-0.3, -0.25) is 43.1 Å². The number of hydrogen-bond acceptors (Lipinski definition) is 14. The molecule has 344 valence electrons. The summed E-state index contributed by atoms with van der Waals surface area (Å²) in [4.78, 5) is 102. The van der Waals surface area contributed by atoms with Gasteiger partial charge in [0.2, 0.25) is 11.8 Å². The predicted octanol–water partition coefficient (Wildman–Crippen LogP) is 2.93. The molecule has 19 nitrogen and oxygen atoms in total. The number of amides is 5. The number of likely N-dealkylation sites (tertiary alicyclic amines) is 1. The molecular formula is C46H56N10O9. The van der Waals surface area contributed by atoms with Crippen molar-refractivity contribution < 1.29 is 38.2 Å². The maximum absolute atomic E-state index is 13.9. The van der Waals surface area contributed by atoms with E-state index in [0.29, 0.717) is 78.9 Å². The Labute approximate surface area is 375 Å². The lowest BCUT2D eigenvalue weighted by Gasteiger charge is -2.58. The Morgan fingerprint density at radius 2 is 1.60 bits per heavy atom. The molecule has 65 heavy (non-hydrogen) atoms. The molecular weight excluding hydrogens is 837 g/mol. The van der Waals surface area contributed by atoms with Gasteiger partial charge in [-0.1, -0.05) is 0 Å². The molecule has 1 aromatic carbocycles. The van der Waals surface area contributed by atoms with E-state index in [1.54, 1.807) is 34.9 Å². The van der Waals surface area contributed by atoms with E-state index in [-0.39, 0.29) is 52.7 Å². The van der Waals surface area contributed by atoms with Crippen LogP contribution in [-0.4, -0.2) is 126 Å². The molecule has 0 bridgehead atoms. The van der Waals surface area contributed by atoms with Crippen molar-refractivity contribution in [1.29, 1.82) is 0 Å². The van der Waals surface area contributed by atoms with E-state index in [1.807, 2.05) is 6.92 Å². The summed E-state index contributed by atoms with van der Waals surface area (Å²) in [6.45, 7) is 6.72. The van der Waals surface area contributed by atoms with Crippen molar-refractivity contribution in [3.05, 3.63) is 69.4 Å². The number of fused-ring (bicyclic) bond motifs is 3. The van der Waals surface area contributed by atoms with Gasteiger partial charge >= 0.3 is 0 Å². The second-order valence-corrected chi connectivity index (χ2v) is 18.7. The Kier molecular flexibility index (Phi) is 12.0. The fourth-order valence-corrected chi connectivity index (χ4v) is 10.6. The molecule has 1 atom stereocenters. The highest BCUT2D eigenvalue weighted by Gasteiger charge is 2.55. The standard InChI is InChI=1S/C46H56N10O9/c1-28-20-33(43(63)56-37(28)40(60)53-46(56)11-9-44(7-8-44)10-12-46)51-35-22-36(50-27-49-35)52-38(58)29-23-45(24-29)25-54(26-45)14-17-65-19-18-64-16-13-48-30-5-6-31-32(21-30)42(62)55(41(31)61)34(4-3-15-57)39(59)47-2/h5-6,15,20-22,27,29,34,48H,3-4,7-14,16-19,23-26H2,1-2H3,(H,47,59)(H,53,60)(H2,49,50,51,52,58). The number of aryl methyl sites for hydroxylation is 1. The highest BCUT2D eigenvalue weighted by Crippen LogP contribution is 2.59. The van der Waals surface area contributed by atoms with Gasteiger partial charge in [-0.25, -0.2) is 9.97 Å². The first-order chi connectivity index (χ1) is 31.4. The number of carbonyl (C=O) groups is 6. The number of carbonyl (C=O) groups excluding carboxylic acids is 6. The molecule has 6 aliphatic rings. The van der Waals surface area contributed by atoms with E-state index in [1.165, 1.54) is 26.2 Å². The fourth-order valence-electron chi connectivity index (χ4n) is 10.6. The molecule has 5 N–H and O–H groups in total. The number of hydrogen-bond donors (Lipinski definition) is 5.